The van der Waals surface area contributed by atoms with Gasteiger partial charge in [-0.1, -0.05) is 19.9 Å². The second-order valence-electron chi connectivity index (χ2n) is 6.48. The number of aryl methyl sites for hydroxylation is 2. The molecule has 1 amide bonds. The summed E-state index contributed by atoms with van der Waals surface area (Å²) in [6.45, 7) is 10.2. The van der Waals surface area contributed by atoms with Gasteiger partial charge in [0, 0.05) is 6.54 Å². The Hall–Kier alpha value is -1.56. The van der Waals surface area contributed by atoms with Crippen molar-refractivity contribution < 1.29 is 13.2 Å². The van der Waals surface area contributed by atoms with Crippen molar-refractivity contribution in [3.8, 4) is 0 Å². The fourth-order valence-electron chi connectivity index (χ4n) is 2.30. The fraction of sp³-hybridized carbons (Fsp3) is 0.588. The van der Waals surface area contributed by atoms with Crippen LogP contribution in [-0.2, 0) is 14.8 Å². The third-order valence-corrected chi connectivity index (χ3v) is 5.10. The van der Waals surface area contributed by atoms with Crippen LogP contribution in [-0.4, -0.2) is 33.2 Å². The molecule has 23 heavy (non-hydrogen) atoms. The number of nitrogens with one attached hydrogen (secondary N) is 1. The van der Waals surface area contributed by atoms with Gasteiger partial charge in [0.15, 0.2) is 0 Å². The molecule has 1 rings (SSSR count). The molecule has 0 aliphatic carbocycles. The Morgan fingerprint density at radius 1 is 1.17 bits per heavy atom. The molecule has 1 aromatic rings. The maximum atomic E-state index is 12.3. The minimum atomic E-state index is -3.56. The molecule has 1 N–H and O–H groups in total. The number of anilines is 1. The van der Waals surface area contributed by atoms with E-state index in [1.54, 1.807) is 19.1 Å². The summed E-state index contributed by atoms with van der Waals surface area (Å²) >= 11 is 0. The molecular weight excluding hydrogens is 312 g/mol. The van der Waals surface area contributed by atoms with E-state index in [1.165, 1.54) is 4.31 Å². The van der Waals surface area contributed by atoms with Gasteiger partial charge in [-0.25, -0.2) is 8.42 Å². The quantitative estimate of drug-likeness (QED) is 0.830. The van der Waals surface area contributed by atoms with Crippen LogP contribution >= 0.6 is 0 Å². The summed E-state index contributed by atoms with van der Waals surface area (Å²) in [5.41, 5.74) is 2.59. The van der Waals surface area contributed by atoms with Crippen molar-refractivity contribution in [1.29, 1.82) is 0 Å². The van der Waals surface area contributed by atoms with E-state index in [0.29, 0.717) is 18.2 Å². The Morgan fingerprint density at radius 2 is 1.78 bits per heavy atom. The molecule has 0 aromatic heterocycles. The maximum absolute atomic E-state index is 12.3. The Morgan fingerprint density at radius 3 is 2.26 bits per heavy atom. The van der Waals surface area contributed by atoms with Crippen molar-refractivity contribution >= 4 is 21.6 Å². The van der Waals surface area contributed by atoms with Crippen molar-refractivity contribution in [1.82, 2.24) is 5.32 Å². The Labute approximate surface area is 140 Å². The number of benzene rings is 1. The molecule has 0 saturated heterocycles. The molecule has 0 saturated carbocycles. The first kappa shape index (κ1) is 19.5. The molecule has 5 nitrogen and oxygen atoms in total. The maximum Gasteiger partial charge on any atom is 0.243 e. The second kappa shape index (κ2) is 7.81. The molecule has 1 atom stereocenters. The lowest BCUT2D eigenvalue weighted by atomic mass is 10.1. The minimum absolute atomic E-state index is 0.283. The molecule has 0 radical (unpaired) electrons. The SMILES string of the molecule is Cc1ccc(N(C(C)C(=O)NCCC(C)C)S(C)(=O)=O)cc1C. The van der Waals surface area contributed by atoms with Crippen LogP contribution in [0.2, 0.25) is 0 Å². The van der Waals surface area contributed by atoms with Gasteiger partial charge >= 0.3 is 0 Å². The molecule has 0 spiro atoms. The molecule has 130 valence electrons. The highest BCUT2D eigenvalue weighted by molar-refractivity contribution is 7.92. The van der Waals surface area contributed by atoms with Gasteiger partial charge in [-0.15, -0.1) is 0 Å². The van der Waals surface area contributed by atoms with E-state index in [-0.39, 0.29) is 5.91 Å². The highest BCUT2D eigenvalue weighted by Crippen LogP contribution is 2.23. The zero-order chi connectivity index (χ0) is 17.8. The van der Waals surface area contributed by atoms with Crippen LogP contribution in [0.25, 0.3) is 0 Å². The predicted molar refractivity (Wildman–Crippen MR) is 95.2 cm³/mol. The lowest BCUT2D eigenvalue weighted by Crippen LogP contribution is -2.48. The van der Waals surface area contributed by atoms with Gasteiger partial charge in [-0.05, 0) is 56.4 Å². The first-order valence-corrected chi connectivity index (χ1v) is 9.73. The molecule has 0 bridgehead atoms. The molecule has 6 heteroatoms. The molecule has 0 aliphatic rings. The standard InChI is InChI=1S/C17H28N2O3S/c1-12(2)9-10-18-17(20)15(5)19(23(6,21)22)16-8-7-13(3)14(4)11-16/h7-8,11-12,15H,9-10H2,1-6H3,(H,18,20). The Kier molecular flexibility index (Phi) is 6.62. The van der Waals surface area contributed by atoms with E-state index in [4.69, 9.17) is 0 Å². The Balaban J connectivity index is 3.02. The predicted octanol–water partition coefficient (Wildman–Crippen LogP) is 2.62. The average Bonchev–Trinajstić information content (AvgIpc) is 2.40. The van der Waals surface area contributed by atoms with Gasteiger partial charge in [0.2, 0.25) is 15.9 Å². The highest BCUT2D eigenvalue weighted by Gasteiger charge is 2.29. The molecule has 0 aliphatic heterocycles. The van der Waals surface area contributed by atoms with Crippen LogP contribution in [0.3, 0.4) is 0 Å². The monoisotopic (exact) mass is 340 g/mol. The summed E-state index contributed by atoms with van der Waals surface area (Å²) in [6, 6.07) is 4.61. The van der Waals surface area contributed by atoms with Crippen molar-refractivity contribution in [3.63, 3.8) is 0 Å². The minimum Gasteiger partial charge on any atom is -0.354 e. The van der Waals surface area contributed by atoms with Gasteiger partial charge in [0.1, 0.15) is 6.04 Å². The Bertz CT molecular complexity index is 654. The van der Waals surface area contributed by atoms with Crippen LogP contribution in [0.15, 0.2) is 18.2 Å². The van der Waals surface area contributed by atoms with Gasteiger partial charge in [0.05, 0.1) is 11.9 Å². The first-order chi connectivity index (χ1) is 10.5. The average molecular weight is 340 g/mol. The van der Waals surface area contributed by atoms with Gasteiger partial charge in [0.25, 0.3) is 0 Å². The largest absolute Gasteiger partial charge is 0.354 e. The number of hydrogen-bond donors (Lipinski definition) is 1. The lowest BCUT2D eigenvalue weighted by Gasteiger charge is -2.28. The summed E-state index contributed by atoms with van der Waals surface area (Å²) in [7, 11) is -3.56. The third-order valence-electron chi connectivity index (χ3n) is 3.85. The zero-order valence-corrected chi connectivity index (χ0v) is 15.7. The van der Waals surface area contributed by atoms with Crippen LogP contribution in [0, 0.1) is 19.8 Å². The first-order valence-electron chi connectivity index (χ1n) is 7.88. The van der Waals surface area contributed by atoms with E-state index in [0.717, 1.165) is 23.8 Å². The van der Waals surface area contributed by atoms with E-state index < -0.39 is 16.1 Å². The molecule has 0 heterocycles. The van der Waals surface area contributed by atoms with Crippen LogP contribution in [0.1, 0.15) is 38.3 Å². The fourth-order valence-corrected chi connectivity index (χ4v) is 3.47. The third kappa shape index (κ3) is 5.53. The van der Waals surface area contributed by atoms with Crippen molar-refractivity contribution in [3.05, 3.63) is 29.3 Å². The number of nitrogens with zero attached hydrogens (tertiary/aromatic N) is 1. The van der Waals surface area contributed by atoms with Crippen LogP contribution < -0.4 is 9.62 Å². The van der Waals surface area contributed by atoms with Crippen molar-refractivity contribution in [2.45, 2.75) is 47.1 Å². The van der Waals surface area contributed by atoms with Crippen molar-refractivity contribution in [2.75, 3.05) is 17.1 Å². The molecule has 1 unspecified atom stereocenters. The van der Waals surface area contributed by atoms with E-state index in [9.17, 15) is 13.2 Å². The van der Waals surface area contributed by atoms with E-state index in [2.05, 4.69) is 19.2 Å². The number of sulfonamides is 1. The normalized spacial score (nSPS) is 13.0. The van der Waals surface area contributed by atoms with Gasteiger partial charge < -0.3 is 5.32 Å². The smallest absolute Gasteiger partial charge is 0.243 e. The van der Waals surface area contributed by atoms with Crippen LogP contribution in [0.4, 0.5) is 5.69 Å². The second-order valence-corrected chi connectivity index (χ2v) is 8.34. The lowest BCUT2D eigenvalue weighted by molar-refractivity contribution is -0.121. The zero-order valence-electron chi connectivity index (χ0n) is 14.9. The molecule has 1 aromatic carbocycles. The number of carbonyl (C=O) groups is 1. The van der Waals surface area contributed by atoms with Gasteiger partial charge in [-0.3, -0.25) is 9.10 Å². The molecule has 0 fully saturated rings. The molecular formula is C17H28N2O3S. The number of carbonyl (C=O) groups excluding carboxylic acids is 1. The van der Waals surface area contributed by atoms with Crippen molar-refractivity contribution in [2.24, 2.45) is 5.92 Å². The van der Waals surface area contributed by atoms with Gasteiger partial charge in [-0.2, -0.15) is 0 Å². The number of amides is 1. The topological polar surface area (TPSA) is 66.5 Å². The summed E-state index contributed by atoms with van der Waals surface area (Å²) in [6.07, 6.45) is 1.99. The van der Waals surface area contributed by atoms with E-state index >= 15 is 0 Å². The van der Waals surface area contributed by atoms with Crippen LogP contribution in [0.5, 0.6) is 0 Å². The highest BCUT2D eigenvalue weighted by atomic mass is 32.2. The summed E-state index contributed by atoms with van der Waals surface area (Å²) in [4.78, 5) is 12.3. The summed E-state index contributed by atoms with van der Waals surface area (Å²) < 4.78 is 25.6. The summed E-state index contributed by atoms with van der Waals surface area (Å²) in [5, 5.41) is 2.82. The number of rotatable bonds is 7. The van der Waals surface area contributed by atoms with E-state index in [1.807, 2.05) is 19.9 Å². The number of hydrogen-bond acceptors (Lipinski definition) is 3. The summed E-state index contributed by atoms with van der Waals surface area (Å²) in [5.74, 6) is 0.200.